The minimum absolute atomic E-state index is 0.0128. The summed E-state index contributed by atoms with van der Waals surface area (Å²) in [5.41, 5.74) is 0. The lowest BCUT2D eigenvalue weighted by Gasteiger charge is -2.19. The van der Waals surface area contributed by atoms with E-state index in [-0.39, 0.29) is 6.10 Å². The van der Waals surface area contributed by atoms with E-state index in [1.54, 1.807) is 0 Å². The zero-order valence-corrected chi connectivity index (χ0v) is 17.1. The Balaban J connectivity index is 1.91. The molecule has 1 atom stereocenters. The first kappa shape index (κ1) is 23.8. The highest BCUT2D eigenvalue weighted by Crippen LogP contribution is 2.10. The van der Waals surface area contributed by atoms with Gasteiger partial charge in [0.05, 0.1) is 52.9 Å². The molecule has 1 heterocycles. The summed E-state index contributed by atoms with van der Waals surface area (Å²) in [6.45, 7) is 7.85. The van der Waals surface area contributed by atoms with Crippen LogP contribution in [0.1, 0.15) is 71.1 Å². The van der Waals surface area contributed by atoms with Gasteiger partial charge in [-0.15, -0.1) is 0 Å². The quantitative estimate of drug-likeness (QED) is 0.448. The van der Waals surface area contributed by atoms with Gasteiger partial charge in [-0.3, -0.25) is 0 Å². The predicted molar refractivity (Wildman–Crippen MR) is 105 cm³/mol. The van der Waals surface area contributed by atoms with Crippen molar-refractivity contribution in [1.82, 2.24) is 0 Å². The average molecular weight is 375 g/mol. The van der Waals surface area contributed by atoms with Gasteiger partial charge in [0.2, 0.25) is 0 Å². The third-order valence-corrected chi connectivity index (χ3v) is 4.57. The van der Waals surface area contributed by atoms with E-state index in [4.69, 9.17) is 23.7 Å². The number of rotatable bonds is 13. The lowest BCUT2D eigenvalue weighted by Crippen LogP contribution is -2.29. The molecule has 1 aliphatic heterocycles. The minimum Gasteiger partial charge on any atom is -0.379 e. The van der Waals surface area contributed by atoms with Crippen molar-refractivity contribution >= 4 is 0 Å². The molecule has 156 valence electrons. The molecule has 0 aliphatic carbocycles. The summed E-state index contributed by atoms with van der Waals surface area (Å²) in [6.07, 6.45) is 13.4. The fourth-order valence-corrected chi connectivity index (χ4v) is 2.98. The van der Waals surface area contributed by atoms with Crippen molar-refractivity contribution in [2.45, 2.75) is 77.2 Å². The van der Waals surface area contributed by atoms with Crippen LogP contribution in [0.15, 0.2) is 0 Å². The van der Waals surface area contributed by atoms with Crippen molar-refractivity contribution in [2.75, 3.05) is 59.5 Å². The van der Waals surface area contributed by atoms with Crippen molar-refractivity contribution < 1.29 is 23.7 Å². The summed E-state index contributed by atoms with van der Waals surface area (Å²) in [4.78, 5) is 0. The maximum atomic E-state index is 5.80. The monoisotopic (exact) mass is 374 g/mol. The van der Waals surface area contributed by atoms with Crippen LogP contribution in [0.3, 0.4) is 0 Å². The topological polar surface area (TPSA) is 46.2 Å². The van der Waals surface area contributed by atoms with Crippen LogP contribution in [-0.4, -0.2) is 65.6 Å². The Kier molecular flexibility index (Phi) is 17.9. The summed E-state index contributed by atoms with van der Waals surface area (Å²) in [7, 11) is 0. The van der Waals surface area contributed by atoms with Crippen LogP contribution in [0.2, 0.25) is 0 Å². The van der Waals surface area contributed by atoms with E-state index < -0.39 is 0 Å². The molecule has 1 unspecified atom stereocenters. The second-order valence-electron chi connectivity index (χ2n) is 7.05. The Morgan fingerprint density at radius 2 is 1.19 bits per heavy atom. The normalized spacial score (nSPS) is 20.4. The van der Waals surface area contributed by atoms with Gasteiger partial charge in [-0.1, -0.05) is 64.7 Å². The Hall–Kier alpha value is -0.200. The Morgan fingerprint density at radius 3 is 1.85 bits per heavy atom. The molecule has 1 saturated heterocycles. The second kappa shape index (κ2) is 19.6. The third kappa shape index (κ3) is 16.0. The fourth-order valence-electron chi connectivity index (χ4n) is 2.98. The maximum absolute atomic E-state index is 5.80. The highest BCUT2D eigenvalue weighted by Gasteiger charge is 2.10. The third-order valence-electron chi connectivity index (χ3n) is 4.57. The van der Waals surface area contributed by atoms with E-state index in [0.717, 1.165) is 13.0 Å². The van der Waals surface area contributed by atoms with E-state index >= 15 is 0 Å². The van der Waals surface area contributed by atoms with Crippen LogP contribution in [0.25, 0.3) is 0 Å². The van der Waals surface area contributed by atoms with Gasteiger partial charge >= 0.3 is 0 Å². The van der Waals surface area contributed by atoms with Crippen molar-refractivity contribution in [3.05, 3.63) is 0 Å². The van der Waals surface area contributed by atoms with Crippen LogP contribution in [0.5, 0.6) is 0 Å². The molecule has 0 radical (unpaired) electrons. The Bertz CT molecular complexity index is 263. The van der Waals surface area contributed by atoms with Gasteiger partial charge in [-0.25, -0.2) is 0 Å². The van der Waals surface area contributed by atoms with E-state index in [9.17, 15) is 0 Å². The Labute approximate surface area is 161 Å². The first-order valence-electron chi connectivity index (χ1n) is 10.9. The number of hydrogen-bond acceptors (Lipinski definition) is 5. The minimum atomic E-state index is -0.0128. The van der Waals surface area contributed by atoms with Crippen LogP contribution in [0.4, 0.5) is 0 Å². The number of unbranched alkanes of at least 4 members (excludes halogenated alkanes) is 9. The van der Waals surface area contributed by atoms with Gasteiger partial charge in [0.1, 0.15) is 6.10 Å². The van der Waals surface area contributed by atoms with Crippen LogP contribution in [-0.2, 0) is 23.7 Å². The van der Waals surface area contributed by atoms with Gasteiger partial charge in [0, 0.05) is 6.61 Å². The van der Waals surface area contributed by atoms with Gasteiger partial charge in [-0.05, 0) is 6.42 Å². The molecule has 5 heteroatoms. The molecule has 0 saturated carbocycles. The molecule has 0 amide bonds. The molecule has 0 spiro atoms. The van der Waals surface area contributed by atoms with Gasteiger partial charge in [0.15, 0.2) is 0 Å². The molecular formula is C21H42O5. The van der Waals surface area contributed by atoms with Gasteiger partial charge < -0.3 is 23.7 Å². The Morgan fingerprint density at radius 1 is 0.654 bits per heavy atom. The summed E-state index contributed by atoms with van der Waals surface area (Å²) < 4.78 is 28.0. The lowest BCUT2D eigenvalue weighted by molar-refractivity contribution is -0.0903. The average Bonchev–Trinajstić information content (AvgIpc) is 2.64. The molecule has 0 aromatic carbocycles. The highest BCUT2D eigenvalue weighted by atomic mass is 16.6. The highest BCUT2D eigenvalue weighted by molar-refractivity contribution is 4.57. The maximum Gasteiger partial charge on any atom is 0.104 e. The molecule has 1 aliphatic rings. The van der Waals surface area contributed by atoms with Crippen LogP contribution >= 0.6 is 0 Å². The standard InChI is InChI=1S/C21H42O5/c1-2-3-4-5-6-7-8-9-10-11-12-24-19-21-20-25-16-15-22-13-14-23-17-18-26-21/h21H,2-20H2,1H3. The summed E-state index contributed by atoms with van der Waals surface area (Å²) in [6, 6.07) is 0. The molecule has 1 fully saturated rings. The van der Waals surface area contributed by atoms with Gasteiger partial charge in [0.25, 0.3) is 0 Å². The number of ether oxygens (including phenoxy) is 5. The van der Waals surface area contributed by atoms with Gasteiger partial charge in [-0.2, -0.15) is 0 Å². The summed E-state index contributed by atoms with van der Waals surface area (Å²) in [5, 5.41) is 0. The first-order valence-corrected chi connectivity index (χ1v) is 10.9. The molecule has 0 bridgehead atoms. The molecule has 0 N–H and O–H groups in total. The summed E-state index contributed by atoms with van der Waals surface area (Å²) >= 11 is 0. The fraction of sp³-hybridized carbons (Fsp3) is 1.00. The van der Waals surface area contributed by atoms with E-state index in [2.05, 4.69) is 6.92 Å². The lowest BCUT2D eigenvalue weighted by atomic mass is 10.1. The molecule has 0 aromatic heterocycles. The van der Waals surface area contributed by atoms with Crippen LogP contribution < -0.4 is 0 Å². The van der Waals surface area contributed by atoms with Crippen molar-refractivity contribution in [3.63, 3.8) is 0 Å². The van der Waals surface area contributed by atoms with Crippen molar-refractivity contribution in [2.24, 2.45) is 0 Å². The SMILES string of the molecule is CCCCCCCCCCCCOCC1COCCOCCOCCO1. The van der Waals surface area contributed by atoms with Crippen molar-refractivity contribution in [1.29, 1.82) is 0 Å². The molecule has 1 rings (SSSR count). The predicted octanol–water partition coefficient (Wildman–Crippen LogP) is 4.37. The molecule has 26 heavy (non-hydrogen) atoms. The summed E-state index contributed by atoms with van der Waals surface area (Å²) in [5.74, 6) is 0. The molecule has 0 aromatic rings. The first-order chi connectivity index (χ1) is 12.9. The zero-order chi connectivity index (χ0) is 18.5. The van der Waals surface area contributed by atoms with E-state index in [1.807, 2.05) is 0 Å². The molecule has 5 nitrogen and oxygen atoms in total. The largest absolute Gasteiger partial charge is 0.379 e. The molecular weight excluding hydrogens is 332 g/mol. The van der Waals surface area contributed by atoms with Crippen LogP contribution in [0, 0.1) is 0 Å². The smallest absolute Gasteiger partial charge is 0.104 e. The second-order valence-corrected chi connectivity index (χ2v) is 7.05. The number of hydrogen-bond donors (Lipinski definition) is 0. The zero-order valence-electron chi connectivity index (χ0n) is 17.1. The van der Waals surface area contributed by atoms with E-state index in [0.29, 0.717) is 52.9 Å². The van der Waals surface area contributed by atoms with E-state index in [1.165, 1.54) is 57.8 Å². The van der Waals surface area contributed by atoms with Crippen molar-refractivity contribution in [3.8, 4) is 0 Å².